The molecule has 0 unspecified atom stereocenters. The van der Waals surface area contributed by atoms with Gasteiger partial charge in [-0.3, -0.25) is 0 Å². The smallest absolute Gasteiger partial charge is 0.222 e. The maximum Gasteiger partial charge on any atom is 0.222 e. The van der Waals surface area contributed by atoms with E-state index in [1.165, 1.54) is 17.1 Å². The van der Waals surface area contributed by atoms with Gasteiger partial charge in [0.05, 0.1) is 6.20 Å². The quantitative estimate of drug-likeness (QED) is 0.688. The third-order valence-electron chi connectivity index (χ3n) is 3.66. The van der Waals surface area contributed by atoms with Gasteiger partial charge in [-0.25, -0.2) is 4.98 Å². The summed E-state index contributed by atoms with van der Waals surface area (Å²) in [4.78, 5) is 11.1. The lowest BCUT2D eigenvalue weighted by Crippen LogP contribution is -2.02. The van der Waals surface area contributed by atoms with Crippen molar-refractivity contribution in [2.75, 3.05) is 11.5 Å². The summed E-state index contributed by atoms with van der Waals surface area (Å²) in [6, 6.07) is 4.13. The Morgan fingerprint density at radius 2 is 1.95 bits per heavy atom. The van der Waals surface area contributed by atoms with Gasteiger partial charge >= 0.3 is 0 Å². The molecule has 3 rings (SSSR count). The fourth-order valence-electron chi connectivity index (χ4n) is 2.44. The second kappa shape index (κ2) is 5.22. The van der Waals surface area contributed by atoms with Crippen LogP contribution in [0.3, 0.4) is 0 Å². The van der Waals surface area contributed by atoms with Gasteiger partial charge in [0, 0.05) is 23.2 Å². The first-order valence-electron chi connectivity index (χ1n) is 7.13. The first kappa shape index (κ1) is 14.2. The van der Waals surface area contributed by atoms with Gasteiger partial charge in [0.15, 0.2) is 11.6 Å². The van der Waals surface area contributed by atoms with Crippen molar-refractivity contribution in [3.8, 4) is 11.5 Å². The molecule has 0 spiro atoms. The van der Waals surface area contributed by atoms with E-state index >= 15 is 0 Å². The standard InChI is InChI=1S/C16H19N5O/c1-8(2)10-4-11-9(3)6-19-12(11)5-13(10)22-14-7-20-16(18)21-15(14)17/h4-8,19H,1-3H3,(H4,17,18,20,21). The van der Waals surface area contributed by atoms with Gasteiger partial charge in [-0.2, -0.15) is 4.98 Å². The van der Waals surface area contributed by atoms with Crippen LogP contribution in [0.15, 0.2) is 24.5 Å². The lowest BCUT2D eigenvalue weighted by Gasteiger charge is -2.15. The highest BCUT2D eigenvalue weighted by Crippen LogP contribution is 2.36. The number of nitrogens with zero attached hydrogens (tertiary/aromatic N) is 2. The van der Waals surface area contributed by atoms with Crippen molar-refractivity contribution in [3.05, 3.63) is 35.7 Å². The van der Waals surface area contributed by atoms with Gasteiger partial charge in [-0.15, -0.1) is 0 Å². The SMILES string of the molecule is Cc1c[nH]c2cc(Oc3cnc(N)nc3N)c(C(C)C)cc12. The summed E-state index contributed by atoms with van der Waals surface area (Å²) in [6.45, 7) is 6.33. The Bertz CT molecular complexity index is 838. The van der Waals surface area contributed by atoms with Gasteiger partial charge in [-0.05, 0) is 30.0 Å². The Morgan fingerprint density at radius 3 is 2.64 bits per heavy atom. The van der Waals surface area contributed by atoms with Crippen LogP contribution in [0.4, 0.5) is 11.8 Å². The zero-order valence-electron chi connectivity index (χ0n) is 12.8. The summed E-state index contributed by atoms with van der Waals surface area (Å²) >= 11 is 0. The normalized spacial score (nSPS) is 11.3. The molecule has 6 heteroatoms. The number of rotatable bonds is 3. The second-order valence-electron chi connectivity index (χ2n) is 5.64. The summed E-state index contributed by atoms with van der Waals surface area (Å²) in [5.74, 6) is 1.81. The molecule has 0 radical (unpaired) electrons. The molecular formula is C16H19N5O. The number of nitrogen functional groups attached to an aromatic ring is 2. The molecule has 5 N–H and O–H groups in total. The number of H-pyrrole nitrogens is 1. The minimum atomic E-state index is 0.129. The fraction of sp³-hybridized carbons (Fsp3) is 0.250. The van der Waals surface area contributed by atoms with Crippen LogP contribution in [-0.2, 0) is 0 Å². The summed E-state index contributed by atoms with van der Waals surface area (Å²) in [5, 5.41) is 1.19. The highest BCUT2D eigenvalue weighted by Gasteiger charge is 2.14. The van der Waals surface area contributed by atoms with E-state index in [0.717, 1.165) is 16.8 Å². The average Bonchev–Trinajstić information content (AvgIpc) is 2.82. The van der Waals surface area contributed by atoms with Crippen LogP contribution in [0.2, 0.25) is 0 Å². The Labute approximate surface area is 128 Å². The van der Waals surface area contributed by atoms with E-state index in [2.05, 4.69) is 41.8 Å². The molecule has 0 bridgehead atoms. The molecule has 22 heavy (non-hydrogen) atoms. The maximum absolute atomic E-state index is 5.95. The van der Waals surface area contributed by atoms with Crippen LogP contribution in [0.1, 0.15) is 30.9 Å². The van der Waals surface area contributed by atoms with E-state index in [1.807, 2.05) is 12.3 Å². The third-order valence-corrected chi connectivity index (χ3v) is 3.66. The zero-order chi connectivity index (χ0) is 15.9. The number of nitrogens with two attached hydrogens (primary N) is 2. The van der Waals surface area contributed by atoms with Gasteiger partial charge in [-0.1, -0.05) is 13.8 Å². The maximum atomic E-state index is 5.95. The van der Waals surface area contributed by atoms with E-state index in [9.17, 15) is 0 Å². The molecule has 0 fully saturated rings. The lowest BCUT2D eigenvalue weighted by atomic mass is 9.99. The van der Waals surface area contributed by atoms with Crippen LogP contribution < -0.4 is 16.2 Å². The number of fused-ring (bicyclic) bond motifs is 1. The zero-order valence-corrected chi connectivity index (χ0v) is 12.8. The minimum absolute atomic E-state index is 0.129. The number of hydrogen-bond acceptors (Lipinski definition) is 5. The first-order chi connectivity index (χ1) is 10.5. The molecule has 0 saturated carbocycles. The summed E-state index contributed by atoms with van der Waals surface area (Å²) in [7, 11) is 0. The molecule has 0 aliphatic heterocycles. The summed E-state index contributed by atoms with van der Waals surface area (Å²) < 4.78 is 5.95. The molecule has 2 aromatic heterocycles. The van der Waals surface area contributed by atoms with Gasteiger partial charge in [0.25, 0.3) is 0 Å². The molecule has 0 aliphatic carbocycles. The number of benzene rings is 1. The number of nitrogens with one attached hydrogen (secondary N) is 1. The number of anilines is 2. The molecule has 0 amide bonds. The van der Waals surface area contributed by atoms with E-state index in [4.69, 9.17) is 16.2 Å². The van der Waals surface area contributed by atoms with E-state index < -0.39 is 0 Å². The van der Waals surface area contributed by atoms with E-state index in [1.54, 1.807) is 0 Å². The van der Waals surface area contributed by atoms with Crippen LogP contribution in [0.5, 0.6) is 11.5 Å². The first-order valence-corrected chi connectivity index (χ1v) is 7.13. The molecule has 114 valence electrons. The molecule has 1 aromatic carbocycles. The molecule has 2 heterocycles. The number of hydrogen-bond donors (Lipinski definition) is 3. The van der Waals surface area contributed by atoms with Crippen molar-refractivity contribution in [2.24, 2.45) is 0 Å². The second-order valence-corrected chi connectivity index (χ2v) is 5.64. The molecule has 3 aromatic rings. The largest absolute Gasteiger partial charge is 0.451 e. The number of aromatic amines is 1. The highest BCUT2D eigenvalue weighted by atomic mass is 16.5. The molecule has 0 saturated heterocycles. The minimum Gasteiger partial charge on any atom is -0.451 e. The van der Waals surface area contributed by atoms with Crippen molar-refractivity contribution in [1.29, 1.82) is 0 Å². The highest BCUT2D eigenvalue weighted by molar-refractivity contribution is 5.85. The van der Waals surface area contributed by atoms with Crippen molar-refractivity contribution in [3.63, 3.8) is 0 Å². The average molecular weight is 297 g/mol. The predicted molar refractivity (Wildman–Crippen MR) is 88.1 cm³/mol. The Balaban J connectivity index is 2.10. The van der Waals surface area contributed by atoms with Crippen molar-refractivity contribution in [1.82, 2.24) is 15.0 Å². The van der Waals surface area contributed by atoms with Crippen LogP contribution >= 0.6 is 0 Å². The fourth-order valence-corrected chi connectivity index (χ4v) is 2.44. The lowest BCUT2D eigenvalue weighted by molar-refractivity contribution is 0.472. The third kappa shape index (κ3) is 2.43. The molecule has 0 atom stereocenters. The summed E-state index contributed by atoms with van der Waals surface area (Å²) in [5.41, 5.74) is 14.7. The van der Waals surface area contributed by atoms with Crippen molar-refractivity contribution < 1.29 is 4.74 Å². The predicted octanol–water partition coefficient (Wildman–Crippen LogP) is 3.35. The van der Waals surface area contributed by atoms with Gasteiger partial charge < -0.3 is 21.2 Å². The van der Waals surface area contributed by atoms with Crippen molar-refractivity contribution in [2.45, 2.75) is 26.7 Å². The number of aryl methyl sites for hydroxylation is 1. The number of ether oxygens (including phenoxy) is 1. The van der Waals surface area contributed by atoms with E-state index in [0.29, 0.717) is 11.7 Å². The van der Waals surface area contributed by atoms with Crippen LogP contribution in [-0.4, -0.2) is 15.0 Å². The van der Waals surface area contributed by atoms with Gasteiger partial charge in [0.1, 0.15) is 5.75 Å². The Kier molecular flexibility index (Phi) is 3.36. The van der Waals surface area contributed by atoms with E-state index in [-0.39, 0.29) is 11.8 Å². The van der Waals surface area contributed by atoms with Crippen LogP contribution in [0.25, 0.3) is 10.9 Å². The molecular weight excluding hydrogens is 278 g/mol. The van der Waals surface area contributed by atoms with Gasteiger partial charge in [0.2, 0.25) is 5.95 Å². The summed E-state index contributed by atoms with van der Waals surface area (Å²) in [6.07, 6.45) is 3.48. The topological polar surface area (TPSA) is 103 Å². The Morgan fingerprint density at radius 1 is 1.18 bits per heavy atom. The molecule has 6 nitrogen and oxygen atoms in total. The Hall–Kier alpha value is -2.76. The number of aromatic nitrogens is 3. The monoisotopic (exact) mass is 297 g/mol. The van der Waals surface area contributed by atoms with Crippen molar-refractivity contribution >= 4 is 22.7 Å². The van der Waals surface area contributed by atoms with Crippen LogP contribution in [0, 0.1) is 6.92 Å². The molecule has 0 aliphatic rings.